The Labute approximate surface area is 154 Å². The lowest BCUT2D eigenvalue weighted by Gasteiger charge is -2.28. The van der Waals surface area contributed by atoms with Crippen LogP contribution in [0.2, 0.25) is 0 Å². The number of benzene rings is 1. The summed E-state index contributed by atoms with van der Waals surface area (Å²) in [5.74, 6) is 1.40. The van der Waals surface area contributed by atoms with E-state index in [9.17, 15) is 17.6 Å². The Morgan fingerprint density at radius 3 is 2.08 bits per heavy atom. The number of hydrogen-bond donors (Lipinski definition) is 0. The molecule has 148 valence electrons. The molecule has 0 aliphatic heterocycles. The topological polar surface area (TPSA) is 9.23 Å². The van der Waals surface area contributed by atoms with Gasteiger partial charge >= 0.3 is 12.5 Å². The first-order valence-corrected chi connectivity index (χ1v) is 9.84. The third-order valence-corrected chi connectivity index (χ3v) is 5.45. The SMILES string of the molecule is CCCCC[C@H]1CC[C@H](CCc2ccc(OC(F)(F)C(F)F)cc2)CC1. The van der Waals surface area contributed by atoms with Gasteiger partial charge in [-0.1, -0.05) is 70.4 Å². The number of rotatable bonds is 10. The molecule has 0 amide bonds. The molecule has 1 aromatic rings. The third kappa shape index (κ3) is 6.81. The fraction of sp³-hybridized carbons (Fsp3) is 0.714. The van der Waals surface area contributed by atoms with Crippen LogP contribution in [0, 0.1) is 11.8 Å². The van der Waals surface area contributed by atoms with Crippen molar-refractivity contribution in [1.82, 2.24) is 0 Å². The van der Waals surface area contributed by atoms with Crippen LogP contribution in [0.15, 0.2) is 24.3 Å². The monoisotopic (exact) mass is 374 g/mol. The zero-order valence-electron chi connectivity index (χ0n) is 15.5. The van der Waals surface area contributed by atoms with Crippen molar-refractivity contribution in [3.05, 3.63) is 29.8 Å². The van der Waals surface area contributed by atoms with Gasteiger partial charge in [-0.15, -0.1) is 0 Å². The number of unbranched alkanes of at least 4 members (excludes halogenated alkanes) is 2. The molecule has 1 saturated carbocycles. The molecule has 0 bridgehead atoms. The van der Waals surface area contributed by atoms with E-state index in [1.54, 1.807) is 12.1 Å². The summed E-state index contributed by atoms with van der Waals surface area (Å²) in [6, 6.07) is 6.06. The Hall–Kier alpha value is -1.26. The van der Waals surface area contributed by atoms with Crippen molar-refractivity contribution >= 4 is 0 Å². The summed E-state index contributed by atoms with van der Waals surface area (Å²) in [4.78, 5) is 0. The molecule has 1 aliphatic carbocycles. The number of alkyl halides is 4. The quantitative estimate of drug-likeness (QED) is 0.310. The summed E-state index contributed by atoms with van der Waals surface area (Å²) in [6.07, 6.45) is 4.23. The van der Waals surface area contributed by atoms with E-state index in [1.165, 1.54) is 63.5 Å². The van der Waals surface area contributed by atoms with Crippen molar-refractivity contribution in [2.45, 2.75) is 83.7 Å². The highest BCUT2D eigenvalue weighted by atomic mass is 19.3. The van der Waals surface area contributed by atoms with Crippen LogP contribution in [0.1, 0.15) is 70.3 Å². The molecule has 0 unspecified atom stereocenters. The van der Waals surface area contributed by atoms with Gasteiger partial charge in [0.05, 0.1) is 0 Å². The van der Waals surface area contributed by atoms with E-state index in [1.807, 2.05) is 0 Å². The molecule has 0 aromatic heterocycles. The Balaban J connectivity index is 1.70. The molecule has 1 nitrogen and oxygen atoms in total. The Morgan fingerprint density at radius 2 is 1.54 bits per heavy atom. The summed E-state index contributed by atoms with van der Waals surface area (Å²) in [7, 11) is 0. The largest absolute Gasteiger partial charge is 0.461 e. The van der Waals surface area contributed by atoms with E-state index in [4.69, 9.17) is 0 Å². The summed E-state index contributed by atoms with van der Waals surface area (Å²) in [5, 5.41) is 0. The zero-order valence-corrected chi connectivity index (χ0v) is 15.5. The first kappa shape index (κ1) is 21.0. The van der Waals surface area contributed by atoms with E-state index in [2.05, 4.69) is 11.7 Å². The van der Waals surface area contributed by atoms with E-state index in [0.717, 1.165) is 30.2 Å². The third-order valence-electron chi connectivity index (χ3n) is 5.45. The lowest BCUT2D eigenvalue weighted by Crippen LogP contribution is -2.33. The molecule has 0 heterocycles. The highest BCUT2D eigenvalue weighted by molar-refractivity contribution is 5.27. The van der Waals surface area contributed by atoms with Crippen molar-refractivity contribution in [3.63, 3.8) is 0 Å². The maximum absolute atomic E-state index is 12.9. The zero-order chi connectivity index (χ0) is 19.0. The van der Waals surface area contributed by atoms with Gasteiger partial charge in [-0.2, -0.15) is 17.6 Å². The highest BCUT2D eigenvalue weighted by Crippen LogP contribution is 2.34. The van der Waals surface area contributed by atoms with Gasteiger partial charge < -0.3 is 4.74 Å². The van der Waals surface area contributed by atoms with Crippen LogP contribution in [-0.2, 0) is 6.42 Å². The van der Waals surface area contributed by atoms with Gasteiger partial charge in [-0.3, -0.25) is 0 Å². The summed E-state index contributed by atoms with van der Waals surface area (Å²) < 4.78 is 54.1. The Morgan fingerprint density at radius 1 is 0.962 bits per heavy atom. The fourth-order valence-corrected chi connectivity index (χ4v) is 3.79. The van der Waals surface area contributed by atoms with Crippen molar-refractivity contribution in [2.75, 3.05) is 0 Å². The second-order valence-electron chi connectivity index (χ2n) is 7.53. The highest BCUT2D eigenvalue weighted by Gasteiger charge is 2.43. The minimum Gasteiger partial charge on any atom is -0.428 e. The fourth-order valence-electron chi connectivity index (χ4n) is 3.79. The molecule has 0 saturated heterocycles. The smallest absolute Gasteiger partial charge is 0.428 e. The maximum Gasteiger partial charge on any atom is 0.461 e. The maximum atomic E-state index is 12.9. The molecule has 0 spiro atoms. The standard InChI is InChI=1S/C21H30F4O/c1-2-3-4-5-16-6-8-17(9-7-16)10-11-18-12-14-19(15-13-18)26-21(24,25)20(22)23/h12-17,20H,2-11H2,1H3/t16-,17-. The number of aryl methyl sites for hydroxylation is 1. The molecule has 0 N–H and O–H groups in total. The van der Waals surface area contributed by atoms with Gasteiger partial charge in [0.25, 0.3) is 0 Å². The van der Waals surface area contributed by atoms with Gasteiger partial charge in [0.1, 0.15) is 5.75 Å². The molecule has 2 rings (SSSR count). The number of hydrogen-bond acceptors (Lipinski definition) is 1. The van der Waals surface area contributed by atoms with Gasteiger partial charge in [0, 0.05) is 0 Å². The van der Waals surface area contributed by atoms with E-state index in [-0.39, 0.29) is 5.75 Å². The van der Waals surface area contributed by atoms with Gasteiger partial charge in [-0.05, 0) is 42.4 Å². The number of ether oxygens (including phenoxy) is 1. The second-order valence-corrected chi connectivity index (χ2v) is 7.53. The molecular weight excluding hydrogens is 344 g/mol. The second kappa shape index (κ2) is 10.2. The van der Waals surface area contributed by atoms with Crippen molar-refractivity contribution in [1.29, 1.82) is 0 Å². The lowest BCUT2D eigenvalue weighted by molar-refractivity contribution is -0.253. The molecule has 1 aliphatic rings. The van der Waals surface area contributed by atoms with Crippen LogP contribution in [0.5, 0.6) is 5.75 Å². The summed E-state index contributed by atoms with van der Waals surface area (Å²) >= 11 is 0. The molecular formula is C21H30F4O. The molecule has 0 atom stereocenters. The average Bonchev–Trinajstić information content (AvgIpc) is 2.62. The van der Waals surface area contributed by atoms with E-state index in [0.29, 0.717) is 0 Å². The van der Waals surface area contributed by atoms with Crippen molar-refractivity contribution in [2.24, 2.45) is 11.8 Å². The average molecular weight is 374 g/mol. The first-order valence-electron chi connectivity index (χ1n) is 9.84. The van der Waals surface area contributed by atoms with Gasteiger partial charge in [0.15, 0.2) is 0 Å². The van der Waals surface area contributed by atoms with Crippen molar-refractivity contribution < 1.29 is 22.3 Å². The van der Waals surface area contributed by atoms with Crippen LogP contribution in [0.4, 0.5) is 17.6 Å². The molecule has 1 aromatic carbocycles. The molecule has 5 heteroatoms. The summed E-state index contributed by atoms with van der Waals surface area (Å²) in [6.45, 7) is 2.24. The molecule has 26 heavy (non-hydrogen) atoms. The van der Waals surface area contributed by atoms with E-state index < -0.39 is 12.5 Å². The van der Waals surface area contributed by atoms with Crippen LogP contribution < -0.4 is 4.74 Å². The molecule has 1 fully saturated rings. The van der Waals surface area contributed by atoms with Gasteiger partial charge in [-0.25, -0.2) is 0 Å². The van der Waals surface area contributed by atoms with Crippen LogP contribution in [0.25, 0.3) is 0 Å². The Kier molecular flexibility index (Phi) is 8.23. The molecule has 0 radical (unpaired) electrons. The van der Waals surface area contributed by atoms with Crippen LogP contribution >= 0.6 is 0 Å². The predicted octanol–water partition coefficient (Wildman–Crippen LogP) is 7.24. The summed E-state index contributed by atoms with van der Waals surface area (Å²) in [5.41, 5.74) is 1.03. The predicted molar refractivity (Wildman–Crippen MR) is 95.9 cm³/mol. The first-order chi connectivity index (χ1) is 12.4. The Bertz CT molecular complexity index is 507. The number of halogens is 4. The lowest BCUT2D eigenvalue weighted by atomic mass is 9.78. The minimum atomic E-state index is -4.45. The normalized spacial score (nSPS) is 21.2. The van der Waals surface area contributed by atoms with Crippen molar-refractivity contribution in [3.8, 4) is 5.75 Å². The van der Waals surface area contributed by atoms with E-state index >= 15 is 0 Å². The van der Waals surface area contributed by atoms with Crippen LogP contribution in [0.3, 0.4) is 0 Å². The van der Waals surface area contributed by atoms with Gasteiger partial charge in [0.2, 0.25) is 0 Å². The minimum absolute atomic E-state index is 0.230. The van der Waals surface area contributed by atoms with Crippen LogP contribution in [-0.4, -0.2) is 12.5 Å².